The van der Waals surface area contributed by atoms with E-state index in [-0.39, 0.29) is 0 Å². The lowest BCUT2D eigenvalue weighted by atomic mass is 10.1. The number of carbonyl (C=O) groups is 1. The molecule has 4 nitrogen and oxygen atoms in total. The monoisotopic (exact) mass is 284 g/mol. The van der Waals surface area contributed by atoms with Crippen LogP contribution in [-0.2, 0) is 11.2 Å². The highest BCUT2D eigenvalue weighted by atomic mass is 16.4. The van der Waals surface area contributed by atoms with Crippen LogP contribution in [0.1, 0.15) is 5.56 Å². The normalized spacial score (nSPS) is 11.7. The zero-order chi connectivity index (χ0) is 15.2. The van der Waals surface area contributed by atoms with Gasteiger partial charge in [0.25, 0.3) is 0 Å². The first kappa shape index (κ1) is 14.9. The Morgan fingerprint density at radius 2 is 1.86 bits per heavy atom. The Bertz CT molecular complexity index is 597. The Hall–Kier alpha value is -2.49. The zero-order valence-electron chi connectivity index (χ0n) is 12.3. The molecule has 2 aromatic rings. The van der Waals surface area contributed by atoms with Gasteiger partial charge >= 0.3 is 5.97 Å². The maximum absolute atomic E-state index is 11.5. The number of hydrogen-bond acceptors (Lipinski definition) is 3. The third-order valence-corrected chi connectivity index (χ3v) is 3.28. The Labute approximate surface area is 125 Å². The van der Waals surface area contributed by atoms with Crippen molar-refractivity contribution < 1.29 is 9.90 Å². The second kappa shape index (κ2) is 6.79. The largest absolute Gasteiger partial charge is 0.480 e. The average molecular weight is 284 g/mol. The fraction of sp³-hybridized carbons (Fsp3) is 0.235. The number of anilines is 2. The van der Waals surface area contributed by atoms with Gasteiger partial charge in [-0.3, -0.25) is 0 Å². The fourth-order valence-corrected chi connectivity index (χ4v) is 2.12. The molecule has 110 valence electrons. The third kappa shape index (κ3) is 4.24. The van der Waals surface area contributed by atoms with E-state index in [0.717, 1.165) is 16.9 Å². The minimum absolute atomic E-state index is 0.447. The Morgan fingerprint density at radius 1 is 1.14 bits per heavy atom. The van der Waals surface area contributed by atoms with Gasteiger partial charge in [0.2, 0.25) is 0 Å². The molecule has 0 aliphatic rings. The molecule has 0 aliphatic heterocycles. The van der Waals surface area contributed by atoms with Gasteiger partial charge in [-0.05, 0) is 23.8 Å². The molecular weight excluding hydrogens is 264 g/mol. The Balaban J connectivity index is 2.13. The zero-order valence-corrected chi connectivity index (χ0v) is 12.3. The van der Waals surface area contributed by atoms with Gasteiger partial charge in [-0.25, -0.2) is 4.79 Å². The number of carboxylic acids is 1. The summed E-state index contributed by atoms with van der Waals surface area (Å²) >= 11 is 0. The first-order valence-electron chi connectivity index (χ1n) is 6.87. The summed E-state index contributed by atoms with van der Waals surface area (Å²) in [5.41, 5.74) is 2.84. The highest BCUT2D eigenvalue weighted by molar-refractivity contribution is 5.78. The van der Waals surface area contributed by atoms with Crippen LogP contribution >= 0.6 is 0 Å². The first-order valence-corrected chi connectivity index (χ1v) is 6.87. The standard InChI is InChI=1S/C17H20N2O2/c1-19(2)15-10-6-9-14(12-15)18-16(17(20)21)11-13-7-4-3-5-8-13/h3-10,12,16,18H,11H2,1-2H3,(H,20,21). The Kier molecular flexibility index (Phi) is 4.82. The number of benzene rings is 2. The van der Waals surface area contributed by atoms with Crippen LogP contribution in [-0.4, -0.2) is 31.2 Å². The molecule has 0 spiro atoms. The van der Waals surface area contributed by atoms with E-state index in [1.165, 1.54) is 0 Å². The summed E-state index contributed by atoms with van der Waals surface area (Å²) in [5, 5.41) is 12.5. The molecule has 0 bridgehead atoms. The molecule has 1 atom stereocenters. The second-order valence-corrected chi connectivity index (χ2v) is 5.17. The highest BCUT2D eigenvalue weighted by Crippen LogP contribution is 2.19. The van der Waals surface area contributed by atoms with Crippen LogP contribution in [0.25, 0.3) is 0 Å². The SMILES string of the molecule is CN(C)c1cccc(NC(Cc2ccccc2)C(=O)O)c1. The first-order chi connectivity index (χ1) is 10.1. The number of hydrogen-bond donors (Lipinski definition) is 2. The van der Waals surface area contributed by atoms with E-state index in [2.05, 4.69) is 5.32 Å². The van der Waals surface area contributed by atoms with E-state index < -0.39 is 12.0 Å². The molecule has 0 fully saturated rings. The number of rotatable bonds is 6. The molecule has 2 aromatic carbocycles. The van der Waals surface area contributed by atoms with Gasteiger partial charge in [0.15, 0.2) is 0 Å². The molecule has 21 heavy (non-hydrogen) atoms. The van der Waals surface area contributed by atoms with E-state index in [0.29, 0.717) is 6.42 Å². The summed E-state index contributed by atoms with van der Waals surface area (Å²) in [6.45, 7) is 0. The van der Waals surface area contributed by atoms with Gasteiger partial charge in [-0.15, -0.1) is 0 Å². The molecule has 0 aromatic heterocycles. The van der Waals surface area contributed by atoms with Crippen molar-refractivity contribution in [3.63, 3.8) is 0 Å². The van der Waals surface area contributed by atoms with Crippen LogP contribution in [0.4, 0.5) is 11.4 Å². The minimum Gasteiger partial charge on any atom is -0.480 e. The molecular formula is C17H20N2O2. The quantitative estimate of drug-likeness (QED) is 0.856. The number of nitrogens with zero attached hydrogens (tertiary/aromatic N) is 1. The summed E-state index contributed by atoms with van der Waals surface area (Å²) in [7, 11) is 3.91. The lowest BCUT2D eigenvalue weighted by molar-refractivity contribution is -0.137. The van der Waals surface area contributed by atoms with Crippen LogP contribution in [0.2, 0.25) is 0 Å². The predicted octanol–water partition coefficient (Wildman–Crippen LogP) is 2.86. The van der Waals surface area contributed by atoms with Crippen molar-refractivity contribution in [3.05, 3.63) is 60.2 Å². The average Bonchev–Trinajstić information content (AvgIpc) is 2.48. The van der Waals surface area contributed by atoms with Gasteiger partial charge in [-0.1, -0.05) is 36.4 Å². The molecule has 2 N–H and O–H groups in total. The summed E-state index contributed by atoms with van der Waals surface area (Å²) < 4.78 is 0. The van der Waals surface area contributed by atoms with Crippen molar-refractivity contribution in [2.24, 2.45) is 0 Å². The molecule has 2 rings (SSSR count). The van der Waals surface area contributed by atoms with Gasteiger partial charge < -0.3 is 15.3 Å². The van der Waals surface area contributed by atoms with Crippen LogP contribution in [0.5, 0.6) is 0 Å². The van der Waals surface area contributed by atoms with E-state index >= 15 is 0 Å². The molecule has 1 unspecified atom stereocenters. The van der Waals surface area contributed by atoms with Crippen molar-refractivity contribution in [3.8, 4) is 0 Å². The second-order valence-electron chi connectivity index (χ2n) is 5.17. The molecule has 0 saturated carbocycles. The van der Waals surface area contributed by atoms with Crippen molar-refractivity contribution in [1.29, 1.82) is 0 Å². The van der Waals surface area contributed by atoms with Crippen LogP contribution < -0.4 is 10.2 Å². The topological polar surface area (TPSA) is 52.6 Å². The Morgan fingerprint density at radius 3 is 2.48 bits per heavy atom. The lowest BCUT2D eigenvalue weighted by Crippen LogP contribution is -2.31. The highest BCUT2D eigenvalue weighted by Gasteiger charge is 2.17. The van der Waals surface area contributed by atoms with Gasteiger partial charge in [0.05, 0.1) is 0 Å². The maximum Gasteiger partial charge on any atom is 0.326 e. The van der Waals surface area contributed by atoms with E-state index in [4.69, 9.17) is 0 Å². The molecule has 4 heteroatoms. The molecule has 0 aliphatic carbocycles. The minimum atomic E-state index is -0.853. The van der Waals surface area contributed by atoms with E-state index in [1.807, 2.05) is 73.6 Å². The summed E-state index contributed by atoms with van der Waals surface area (Å²) in [6.07, 6.45) is 0.447. The summed E-state index contributed by atoms with van der Waals surface area (Å²) in [5.74, 6) is -0.853. The fourth-order valence-electron chi connectivity index (χ4n) is 2.12. The van der Waals surface area contributed by atoms with Crippen molar-refractivity contribution in [1.82, 2.24) is 0 Å². The molecule has 0 heterocycles. The molecule has 0 saturated heterocycles. The lowest BCUT2D eigenvalue weighted by Gasteiger charge is -2.18. The van der Waals surface area contributed by atoms with Crippen molar-refractivity contribution >= 4 is 17.3 Å². The number of aliphatic carboxylic acids is 1. The summed E-state index contributed by atoms with van der Waals surface area (Å²) in [6, 6.07) is 16.7. The van der Waals surface area contributed by atoms with Crippen LogP contribution in [0.3, 0.4) is 0 Å². The molecule has 0 radical (unpaired) electrons. The molecule has 0 amide bonds. The van der Waals surface area contributed by atoms with Crippen LogP contribution in [0.15, 0.2) is 54.6 Å². The van der Waals surface area contributed by atoms with Crippen molar-refractivity contribution in [2.45, 2.75) is 12.5 Å². The van der Waals surface area contributed by atoms with Gasteiger partial charge in [0, 0.05) is 31.9 Å². The summed E-state index contributed by atoms with van der Waals surface area (Å²) in [4.78, 5) is 13.4. The predicted molar refractivity (Wildman–Crippen MR) is 86.0 cm³/mol. The number of nitrogens with one attached hydrogen (secondary N) is 1. The van der Waals surface area contributed by atoms with Gasteiger partial charge in [-0.2, -0.15) is 0 Å². The maximum atomic E-state index is 11.5. The van der Waals surface area contributed by atoms with E-state index in [9.17, 15) is 9.90 Å². The van der Waals surface area contributed by atoms with E-state index in [1.54, 1.807) is 0 Å². The van der Waals surface area contributed by atoms with Crippen LogP contribution in [0, 0.1) is 0 Å². The van der Waals surface area contributed by atoms with Gasteiger partial charge in [0.1, 0.15) is 6.04 Å². The smallest absolute Gasteiger partial charge is 0.326 e. The van der Waals surface area contributed by atoms with Crippen molar-refractivity contribution in [2.75, 3.05) is 24.3 Å². The third-order valence-electron chi connectivity index (χ3n) is 3.28. The number of carboxylic acid groups (broad SMARTS) is 1.